The lowest BCUT2D eigenvalue weighted by molar-refractivity contribution is -0.127. The van der Waals surface area contributed by atoms with Crippen LogP contribution in [0, 0.1) is 5.41 Å². The normalized spacial score (nSPS) is 18.2. The van der Waals surface area contributed by atoms with Crippen molar-refractivity contribution in [2.24, 2.45) is 0 Å². The van der Waals surface area contributed by atoms with Gasteiger partial charge in [-0.1, -0.05) is 11.6 Å². The molecule has 1 aliphatic heterocycles. The Kier molecular flexibility index (Phi) is 4.76. The maximum Gasteiger partial charge on any atom is 0.222 e. The van der Waals surface area contributed by atoms with Gasteiger partial charge >= 0.3 is 0 Å². The Morgan fingerprint density at radius 3 is 3.04 bits per heavy atom. The quantitative estimate of drug-likeness (QED) is 0.645. The largest absolute Gasteiger partial charge is 0.388 e. The number of rotatable bonds is 5. The summed E-state index contributed by atoms with van der Waals surface area (Å²) in [6.45, 7) is 0.657. The molecule has 7 heteroatoms. The molecule has 3 rings (SSSR count). The fourth-order valence-electron chi connectivity index (χ4n) is 2.76. The van der Waals surface area contributed by atoms with Crippen LogP contribution < -0.4 is 5.32 Å². The molecule has 2 aromatic rings. The summed E-state index contributed by atoms with van der Waals surface area (Å²) in [7, 11) is 1.82. The van der Waals surface area contributed by atoms with Gasteiger partial charge in [-0.25, -0.2) is 4.98 Å². The SMILES string of the molecule is CN1C(=O)CCC1CN/C=C(\C=N)c1cnc2ccc(Cl)nc2c1. The van der Waals surface area contributed by atoms with Crippen LogP contribution in [0.15, 0.2) is 30.6 Å². The van der Waals surface area contributed by atoms with Crippen molar-refractivity contribution in [3.05, 3.63) is 41.3 Å². The highest BCUT2D eigenvalue weighted by molar-refractivity contribution is 6.29. The molecule has 0 spiro atoms. The molecule has 0 aromatic carbocycles. The molecule has 24 heavy (non-hydrogen) atoms. The second kappa shape index (κ2) is 6.97. The monoisotopic (exact) mass is 343 g/mol. The van der Waals surface area contributed by atoms with Gasteiger partial charge in [0, 0.05) is 55.8 Å². The molecule has 0 bridgehead atoms. The number of halogens is 1. The molecule has 2 N–H and O–H groups in total. The van der Waals surface area contributed by atoms with Crippen LogP contribution in [0.3, 0.4) is 0 Å². The van der Waals surface area contributed by atoms with E-state index in [-0.39, 0.29) is 11.9 Å². The molecule has 1 fully saturated rings. The van der Waals surface area contributed by atoms with Gasteiger partial charge in [0.1, 0.15) is 5.15 Å². The van der Waals surface area contributed by atoms with E-state index in [4.69, 9.17) is 17.0 Å². The minimum atomic E-state index is 0.180. The average molecular weight is 344 g/mol. The zero-order valence-electron chi connectivity index (χ0n) is 13.3. The number of amides is 1. The Morgan fingerprint density at radius 2 is 2.33 bits per heavy atom. The molecule has 1 amide bonds. The number of pyridine rings is 2. The van der Waals surface area contributed by atoms with Crippen molar-refractivity contribution < 1.29 is 4.79 Å². The summed E-state index contributed by atoms with van der Waals surface area (Å²) in [6.07, 6.45) is 6.21. The number of hydrogen-bond donors (Lipinski definition) is 2. The van der Waals surface area contributed by atoms with E-state index in [9.17, 15) is 4.79 Å². The molecule has 0 saturated carbocycles. The van der Waals surface area contributed by atoms with E-state index >= 15 is 0 Å². The molecular formula is C17H18ClN5O. The lowest BCUT2D eigenvalue weighted by Gasteiger charge is -2.19. The van der Waals surface area contributed by atoms with Gasteiger partial charge in [-0.05, 0) is 24.6 Å². The summed E-state index contributed by atoms with van der Waals surface area (Å²) in [5.74, 6) is 0.180. The summed E-state index contributed by atoms with van der Waals surface area (Å²) in [6, 6.07) is 5.56. The van der Waals surface area contributed by atoms with Crippen molar-refractivity contribution in [2.45, 2.75) is 18.9 Å². The van der Waals surface area contributed by atoms with Gasteiger partial charge in [-0.2, -0.15) is 0 Å². The fraction of sp³-hybridized carbons (Fsp3) is 0.294. The molecule has 2 aromatic heterocycles. The minimum Gasteiger partial charge on any atom is -0.388 e. The topological polar surface area (TPSA) is 82.0 Å². The first-order valence-corrected chi connectivity index (χ1v) is 8.08. The van der Waals surface area contributed by atoms with Crippen LogP contribution in [0.2, 0.25) is 5.15 Å². The molecule has 1 aliphatic rings. The van der Waals surface area contributed by atoms with Crippen molar-refractivity contribution in [3.8, 4) is 0 Å². The van der Waals surface area contributed by atoms with Crippen molar-refractivity contribution in [2.75, 3.05) is 13.6 Å². The summed E-state index contributed by atoms with van der Waals surface area (Å²) in [4.78, 5) is 21.9. The lowest BCUT2D eigenvalue weighted by Crippen LogP contribution is -2.35. The number of hydrogen-bond acceptors (Lipinski definition) is 5. The maximum atomic E-state index is 11.5. The minimum absolute atomic E-state index is 0.180. The number of likely N-dealkylation sites (tertiary alicyclic amines) is 1. The van der Waals surface area contributed by atoms with Crippen molar-refractivity contribution in [1.29, 1.82) is 5.41 Å². The summed E-state index contributed by atoms with van der Waals surface area (Å²) >= 11 is 5.92. The number of carbonyl (C=O) groups excluding carboxylic acids is 1. The molecule has 0 radical (unpaired) electrons. The first-order valence-electron chi connectivity index (χ1n) is 7.71. The van der Waals surface area contributed by atoms with E-state index in [1.165, 1.54) is 6.21 Å². The maximum absolute atomic E-state index is 11.5. The first-order chi connectivity index (χ1) is 11.6. The lowest BCUT2D eigenvalue weighted by atomic mass is 10.1. The van der Waals surface area contributed by atoms with Gasteiger partial charge in [-0.15, -0.1) is 0 Å². The molecule has 3 heterocycles. The molecule has 124 valence electrons. The predicted octanol–water partition coefficient (Wildman–Crippen LogP) is 2.48. The standard InChI is InChI=1S/C17H18ClN5O/c1-23-13(2-5-17(23)24)10-20-8-12(7-19)11-6-15-14(21-9-11)3-4-16(18)22-15/h3-4,6-9,13,19-20H,2,5,10H2,1H3/b12-8+,19-7?. The molecular weight excluding hydrogens is 326 g/mol. The Bertz CT molecular complexity index is 820. The molecule has 0 aliphatic carbocycles. The summed E-state index contributed by atoms with van der Waals surface area (Å²) in [5, 5.41) is 11.3. The number of nitrogens with zero attached hydrogens (tertiary/aromatic N) is 3. The zero-order chi connectivity index (χ0) is 17.1. The third-order valence-corrected chi connectivity index (χ3v) is 4.45. The van der Waals surface area contributed by atoms with Gasteiger partial charge in [0.2, 0.25) is 5.91 Å². The van der Waals surface area contributed by atoms with Crippen LogP contribution in [0.4, 0.5) is 0 Å². The Hall–Kier alpha value is -2.47. The third-order valence-electron chi connectivity index (χ3n) is 4.24. The number of nitrogens with one attached hydrogen (secondary N) is 2. The highest BCUT2D eigenvalue weighted by Gasteiger charge is 2.26. The zero-order valence-corrected chi connectivity index (χ0v) is 14.0. The number of allylic oxidation sites excluding steroid dienone is 1. The molecule has 6 nitrogen and oxygen atoms in total. The van der Waals surface area contributed by atoms with E-state index in [1.807, 2.05) is 19.2 Å². The number of likely N-dealkylation sites (N-methyl/N-ethyl adjacent to an activating group) is 1. The van der Waals surface area contributed by atoms with Crippen LogP contribution in [0.1, 0.15) is 18.4 Å². The summed E-state index contributed by atoms with van der Waals surface area (Å²) in [5.41, 5.74) is 2.93. The van der Waals surface area contributed by atoms with E-state index in [0.29, 0.717) is 29.2 Å². The van der Waals surface area contributed by atoms with Crippen LogP contribution in [-0.4, -0.2) is 46.6 Å². The van der Waals surface area contributed by atoms with E-state index in [0.717, 1.165) is 17.5 Å². The highest BCUT2D eigenvalue weighted by atomic mass is 35.5. The molecule has 1 atom stereocenters. The van der Waals surface area contributed by atoms with Crippen molar-refractivity contribution >= 4 is 40.3 Å². The van der Waals surface area contributed by atoms with Crippen LogP contribution in [0.5, 0.6) is 0 Å². The predicted molar refractivity (Wildman–Crippen MR) is 95.1 cm³/mol. The van der Waals surface area contributed by atoms with Gasteiger partial charge in [0.15, 0.2) is 0 Å². The Balaban J connectivity index is 1.75. The second-order valence-corrected chi connectivity index (χ2v) is 6.13. The van der Waals surface area contributed by atoms with E-state index < -0.39 is 0 Å². The second-order valence-electron chi connectivity index (χ2n) is 5.75. The molecule has 1 unspecified atom stereocenters. The summed E-state index contributed by atoms with van der Waals surface area (Å²) < 4.78 is 0. The Labute approximate surface area is 145 Å². The van der Waals surface area contributed by atoms with Crippen LogP contribution >= 0.6 is 11.6 Å². The van der Waals surface area contributed by atoms with Gasteiger partial charge in [0.25, 0.3) is 0 Å². The van der Waals surface area contributed by atoms with Crippen LogP contribution in [0.25, 0.3) is 16.6 Å². The van der Waals surface area contributed by atoms with Gasteiger partial charge in [0.05, 0.1) is 11.0 Å². The van der Waals surface area contributed by atoms with E-state index in [2.05, 4.69) is 15.3 Å². The number of fused-ring (bicyclic) bond motifs is 1. The Morgan fingerprint density at radius 1 is 1.50 bits per heavy atom. The fourth-order valence-corrected chi connectivity index (χ4v) is 2.91. The average Bonchev–Trinajstić information content (AvgIpc) is 2.90. The van der Waals surface area contributed by atoms with E-state index in [1.54, 1.807) is 23.4 Å². The number of aromatic nitrogens is 2. The molecule has 1 saturated heterocycles. The smallest absolute Gasteiger partial charge is 0.222 e. The third kappa shape index (κ3) is 3.38. The first kappa shape index (κ1) is 16.4. The van der Waals surface area contributed by atoms with Gasteiger partial charge < -0.3 is 15.6 Å². The van der Waals surface area contributed by atoms with Gasteiger partial charge in [-0.3, -0.25) is 9.78 Å². The number of carbonyl (C=O) groups is 1. The van der Waals surface area contributed by atoms with Crippen molar-refractivity contribution in [3.63, 3.8) is 0 Å². The van der Waals surface area contributed by atoms with Crippen LogP contribution in [-0.2, 0) is 4.79 Å². The highest BCUT2D eigenvalue weighted by Crippen LogP contribution is 2.19. The van der Waals surface area contributed by atoms with Crippen molar-refractivity contribution in [1.82, 2.24) is 20.2 Å².